The Morgan fingerprint density at radius 3 is 2.11 bits per heavy atom. The maximum Gasteiger partial charge on any atom is 0.357 e. The van der Waals surface area contributed by atoms with Gasteiger partial charge in [0.25, 0.3) is 0 Å². The van der Waals surface area contributed by atoms with Gasteiger partial charge in [0.15, 0.2) is 11.5 Å². The number of methoxy groups -OCH3 is 2. The van der Waals surface area contributed by atoms with E-state index in [0.717, 1.165) is 14.2 Å². The number of carbonyl (C=O) groups excluding carboxylic acids is 3. The molecule has 1 heterocycles. The summed E-state index contributed by atoms with van der Waals surface area (Å²) >= 11 is 0. The molecule has 27 heavy (non-hydrogen) atoms. The molecule has 0 saturated carbocycles. The molecular formula is C20H15NO6. The van der Waals surface area contributed by atoms with E-state index in [4.69, 9.17) is 9.47 Å². The molecule has 0 radical (unpaired) electrons. The molecule has 0 atom stereocenters. The Balaban J connectivity index is 2.40. The smallest absolute Gasteiger partial charge is 0.357 e. The predicted octanol–water partition coefficient (Wildman–Crippen LogP) is 2.74. The zero-order valence-corrected chi connectivity index (χ0v) is 14.6. The summed E-state index contributed by atoms with van der Waals surface area (Å²) in [5, 5.41) is 9.85. The summed E-state index contributed by atoms with van der Waals surface area (Å²) < 4.78 is 9.51. The van der Waals surface area contributed by atoms with Crippen LogP contribution in [0.4, 0.5) is 0 Å². The molecule has 3 rings (SSSR count). The summed E-state index contributed by atoms with van der Waals surface area (Å²) in [5.74, 6) is -2.26. The molecule has 0 aliphatic carbocycles. The van der Waals surface area contributed by atoms with E-state index in [9.17, 15) is 19.5 Å². The number of phenolic OH excluding ortho intramolecular Hbond substituents is 1. The van der Waals surface area contributed by atoms with Gasteiger partial charge in [0.1, 0.15) is 11.3 Å². The first-order valence-electron chi connectivity index (χ1n) is 7.91. The topological polar surface area (TPSA) is 103 Å². The first kappa shape index (κ1) is 18.1. The average molecular weight is 365 g/mol. The molecule has 0 saturated heterocycles. The minimum atomic E-state index is -0.879. The van der Waals surface area contributed by atoms with Gasteiger partial charge in [0.2, 0.25) is 0 Å². The number of aromatic nitrogens is 1. The van der Waals surface area contributed by atoms with Gasteiger partial charge in [-0.2, -0.15) is 0 Å². The van der Waals surface area contributed by atoms with Crippen molar-refractivity contribution >= 4 is 28.6 Å². The number of esters is 2. The highest BCUT2D eigenvalue weighted by Gasteiger charge is 2.30. The van der Waals surface area contributed by atoms with Crippen LogP contribution in [0.25, 0.3) is 10.9 Å². The lowest BCUT2D eigenvalue weighted by Crippen LogP contribution is -2.20. The highest BCUT2D eigenvalue weighted by molar-refractivity contribution is 6.23. The molecule has 7 nitrogen and oxygen atoms in total. The number of hydrogen-bond donors (Lipinski definition) is 1. The molecule has 1 N–H and O–H groups in total. The Bertz CT molecular complexity index is 1060. The highest BCUT2D eigenvalue weighted by Crippen LogP contribution is 2.28. The summed E-state index contributed by atoms with van der Waals surface area (Å²) in [6.45, 7) is 0. The number of phenols is 1. The largest absolute Gasteiger partial charge is 0.508 e. The minimum absolute atomic E-state index is 0.00502. The number of benzene rings is 2. The van der Waals surface area contributed by atoms with Crippen LogP contribution in [0.3, 0.4) is 0 Å². The molecule has 1 aromatic heterocycles. The van der Waals surface area contributed by atoms with Crippen molar-refractivity contribution in [3.05, 3.63) is 70.9 Å². The van der Waals surface area contributed by atoms with Gasteiger partial charge in [-0.3, -0.25) is 4.79 Å². The second-order valence-electron chi connectivity index (χ2n) is 5.59. The Morgan fingerprint density at radius 2 is 1.48 bits per heavy atom. The van der Waals surface area contributed by atoms with Crippen LogP contribution in [-0.2, 0) is 9.47 Å². The van der Waals surface area contributed by atoms with E-state index in [2.05, 4.69) is 4.98 Å². The number of nitrogens with zero attached hydrogens (tertiary/aromatic N) is 1. The van der Waals surface area contributed by atoms with Crippen LogP contribution in [0.5, 0.6) is 5.75 Å². The standard InChI is InChI=1S/C20H15NO6/c1-26-19(24)16-15(18(23)11-7-9-12(22)10-8-11)13-5-3-4-6-14(13)21-17(16)20(25)27-2/h3-10,22H,1-2H3. The van der Waals surface area contributed by atoms with E-state index in [0.29, 0.717) is 10.9 Å². The summed E-state index contributed by atoms with van der Waals surface area (Å²) in [7, 11) is 2.30. The molecule has 0 aliphatic heterocycles. The normalized spacial score (nSPS) is 10.4. The van der Waals surface area contributed by atoms with Gasteiger partial charge in [0.05, 0.1) is 19.7 Å². The second-order valence-corrected chi connectivity index (χ2v) is 5.59. The molecule has 136 valence electrons. The van der Waals surface area contributed by atoms with Crippen molar-refractivity contribution in [3.8, 4) is 5.75 Å². The van der Waals surface area contributed by atoms with Crippen molar-refractivity contribution < 1.29 is 29.0 Å². The van der Waals surface area contributed by atoms with Crippen LogP contribution in [-0.4, -0.2) is 42.0 Å². The number of ketones is 1. The summed E-state index contributed by atoms with van der Waals surface area (Å²) in [6, 6.07) is 12.2. The summed E-state index contributed by atoms with van der Waals surface area (Å²) in [6.07, 6.45) is 0. The van der Waals surface area contributed by atoms with E-state index < -0.39 is 17.7 Å². The Morgan fingerprint density at radius 1 is 0.852 bits per heavy atom. The number of aromatic hydroxyl groups is 1. The van der Waals surface area contributed by atoms with E-state index in [1.807, 2.05) is 0 Å². The number of fused-ring (bicyclic) bond motifs is 1. The van der Waals surface area contributed by atoms with Gasteiger partial charge in [-0.1, -0.05) is 18.2 Å². The first-order valence-corrected chi connectivity index (χ1v) is 7.91. The van der Waals surface area contributed by atoms with Gasteiger partial charge in [-0.25, -0.2) is 14.6 Å². The lowest BCUT2D eigenvalue weighted by Gasteiger charge is -2.14. The number of ether oxygens (including phenoxy) is 2. The zero-order valence-electron chi connectivity index (χ0n) is 14.6. The minimum Gasteiger partial charge on any atom is -0.508 e. The van der Waals surface area contributed by atoms with Gasteiger partial charge >= 0.3 is 11.9 Å². The molecule has 3 aromatic rings. The molecule has 0 unspecified atom stereocenters. The number of pyridine rings is 1. The molecule has 7 heteroatoms. The third kappa shape index (κ3) is 3.22. The summed E-state index contributed by atoms with van der Waals surface area (Å²) in [5.41, 5.74) is 0.00245. The SMILES string of the molecule is COC(=O)c1nc2ccccc2c(C(=O)c2ccc(O)cc2)c1C(=O)OC. The number of carbonyl (C=O) groups is 3. The van der Waals surface area contributed by atoms with Crippen LogP contribution >= 0.6 is 0 Å². The number of hydrogen-bond acceptors (Lipinski definition) is 7. The molecule has 0 spiro atoms. The first-order chi connectivity index (χ1) is 13.0. The monoisotopic (exact) mass is 365 g/mol. The predicted molar refractivity (Wildman–Crippen MR) is 96.0 cm³/mol. The second kappa shape index (κ2) is 7.25. The molecular weight excluding hydrogens is 350 g/mol. The molecule has 0 fully saturated rings. The van der Waals surface area contributed by atoms with Gasteiger partial charge in [0, 0.05) is 16.5 Å². The average Bonchev–Trinajstić information content (AvgIpc) is 2.71. The third-order valence-corrected chi connectivity index (χ3v) is 4.02. The van der Waals surface area contributed by atoms with Crippen LogP contribution in [0.2, 0.25) is 0 Å². The quantitative estimate of drug-likeness (QED) is 0.560. The Hall–Kier alpha value is -3.74. The molecule has 0 amide bonds. The van der Waals surface area contributed by atoms with E-state index >= 15 is 0 Å². The fourth-order valence-electron chi connectivity index (χ4n) is 2.75. The van der Waals surface area contributed by atoms with Crippen LogP contribution < -0.4 is 0 Å². The number of rotatable bonds is 4. The molecule has 2 aromatic carbocycles. The highest BCUT2D eigenvalue weighted by atomic mass is 16.5. The number of para-hydroxylation sites is 1. The fourth-order valence-corrected chi connectivity index (χ4v) is 2.75. The van der Waals surface area contributed by atoms with Gasteiger partial charge in [-0.05, 0) is 30.3 Å². The zero-order chi connectivity index (χ0) is 19.6. The fraction of sp³-hybridized carbons (Fsp3) is 0.100. The summed E-state index contributed by atoms with van der Waals surface area (Å²) in [4.78, 5) is 42.1. The Kier molecular flexibility index (Phi) is 4.85. The van der Waals surface area contributed by atoms with Gasteiger partial charge < -0.3 is 14.6 Å². The lowest BCUT2D eigenvalue weighted by atomic mass is 9.93. The molecule has 0 aliphatic rings. The van der Waals surface area contributed by atoms with Crippen molar-refractivity contribution in [1.29, 1.82) is 0 Å². The van der Waals surface area contributed by atoms with Crippen molar-refractivity contribution in [2.24, 2.45) is 0 Å². The van der Waals surface area contributed by atoms with Crippen LogP contribution in [0.1, 0.15) is 36.8 Å². The van der Waals surface area contributed by atoms with Crippen LogP contribution in [0, 0.1) is 0 Å². The van der Waals surface area contributed by atoms with Crippen molar-refractivity contribution in [2.45, 2.75) is 0 Å². The third-order valence-electron chi connectivity index (χ3n) is 4.02. The Labute approximate surface area is 154 Å². The lowest BCUT2D eigenvalue weighted by molar-refractivity contribution is 0.0549. The van der Waals surface area contributed by atoms with E-state index in [1.54, 1.807) is 24.3 Å². The maximum absolute atomic E-state index is 13.2. The molecule has 0 bridgehead atoms. The maximum atomic E-state index is 13.2. The van der Waals surface area contributed by atoms with Crippen molar-refractivity contribution in [1.82, 2.24) is 4.98 Å². The van der Waals surface area contributed by atoms with Crippen molar-refractivity contribution in [3.63, 3.8) is 0 Å². The van der Waals surface area contributed by atoms with E-state index in [-0.39, 0.29) is 28.1 Å². The van der Waals surface area contributed by atoms with Gasteiger partial charge in [-0.15, -0.1) is 0 Å². The van der Waals surface area contributed by atoms with E-state index in [1.165, 1.54) is 24.3 Å². The van der Waals surface area contributed by atoms with Crippen molar-refractivity contribution in [2.75, 3.05) is 14.2 Å². The van der Waals surface area contributed by atoms with Crippen LogP contribution in [0.15, 0.2) is 48.5 Å².